The lowest BCUT2D eigenvalue weighted by Gasteiger charge is -2.44. The third kappa shape index (κ3) is 6.46. The highest BCUT2D eigenvalue weighted by atomic mass is 19.3. The van der Waals surface area contributed by atoms with Crippen molar-refractivity contribution in [2.75, 3.05) is 48.3 Å². The van der Waals surface area contributed by atoms with Gasteiger partial charge < -0.3 is 24.4 Å². The second kappa shape index (κ2) is 12.6. The predicted molar refractivity (Wildman–Crippen MR) is 165 cm³/mol. The summed E-state index contributed by atoms with van der Waals surface area (Å²) in [5, 5.41) is 2.77. The van der Waals surface area contributed by atoms with Crippen LogP contribution in [-0.2, 0) is 11.8 Å². The number of nitrogens with one attached hydrogen (secondary N) is 1. The number of anilines is 3. The smallest absolute Gasteiger partial charge is 0.264 e. The van der Waals surface area contributed by atoms with E-state index in [9.17, 15) is 18.4 Å². The minimum atomic E-state index is -3.03. The second-order valence-electron chi connectivity index (χ2n) is 12.0. The molecule has 2 saturated heterocycles. The lowest BCUT2D eigenvalue weighted by Crippen LogP contribution is -2.55. The molecule has 3 aromatic rings. The van der Waals surface area contributed by atoms with Crippen LogP contribution < -0.4 is 20.7 Å². The molecule has 236 valence electrons. The van der Waals surface area contributed by atoms with Crippen molar-refractivity contribution in [2.24, 2.45) is 7.05 Å². The fourth-order valence-electron chi connectivity index (χ4n) is 6.05. The van der Waals surface area contributed by atoms with Crippen molar-refractivity contribution in [3.63, 3.8) is 0 Å². The molecule has 2 aliphatic heterocycles. The first-order valence-electron chi connectivity index (χ1n) is 14.8. The Morgan fingerprint density at radius 1 is 0.977 bits per heavy atom. The lowest BCUT2D eigenvalue weighted by atomic mass is 10.0. The van der Waals surface area contributed by atoms with E-state index in [-0.39, 0.29) is 41.1 Å². The van der Waals surface area contributed by atoms with Crippen LogP contribution >= 0.6 is 0 Å². The molecule has 4 atom stereocenters. The number of aromatic nitrogens is 2. The summed E-state index contributed by atoms with van der Waals surface area (Å²) in [5.41, 5.74) is -0.240. The zero-order valence-corrected chi connectivity index (χ0v) is 25.9. The number of ether oxygens (including phenoxy) is 1. The molecule has 1 N–H and O–H groups in total. The molecular weight excluding hydrogens is 573 g/mol. The van der Waals surface area contributed by atoms with Gasteiger partial charge in [-0.1, -0.05) is 0 Å². The molecule has 5 rings (SSSR count). The average Bonchev–Trinajstić information content (AvgIpc) is 2.97. The zero-order valence-electron chi connectivity index (χ0n) is 25.9. The molecule has 1 amide bonds. The topological polar surface area (TPSA) is 82.9 Å². The summed E-state index contributed by atoms with van der Waals surface area (Å²) in [7, 11) is 3.41. The van der Waals surface area contributed by atoms with Crippen molar-refractivity contribution in [2.45, 2.75) is 58.4 Å². The first-order valence-corrected chi connectivity index (χ1v) is 14.8. The molecule has 12 heteroatoms. The molecule has 2 aromatic heterocycles. The Hall–Kier alpha value is -3.90. The predicted octanol–water partition coefficient (Wildman–Crippen LogP) is 4.92. The van der Waals surface area contributed by atoms with Crippen molar-refractivity contribution in [3.05, 3.63) is 70.0 Å². The number of nitrogens with zero attached hydrogens (tertiary/aromatic N) is 5. The molecule has 0 unspecified atom stereocenters. The van der Waals surface area contributed by atoms with Gasteiger partial charge in [0.25, 0.3) is 17.9 Å². The van der Waals surface area contributed by atoms with Crippen molar-refractivity contribution in [3.8, 4) is 11.1 Å². The van der Waals surface area contributed by atoms with Crippen molar-refractivity contribution >= 4 is 23.1 Å². The number of halogens is 3. The van der Waals surface area contributed by atoms with Gasteiger partial charge in [0.2, 0.25) is 0 Å². The van der Waals surface area contributed by atoms with E-state index >= 15 is 4.39 Å². The number of carbonyl (C=O) groups excluding carboxylic acids is 1. The van der Waals surface area contributed by atoms with Gasteiger partial charge in [-0.3, -0.25) is 14.5 Å². The van der Waals surface area contributed by atoms with Crippen LogP contribution in [0.1, 0.15) is 50.0 Å². The summed E-state index contributed by atoms with van der Waals surface area (Å²) in [5.74, 6) is -0.583. The number of pyridine rings is 2. The molecule has 2 fully saturated rings. The Labute approximate surface area is 255 Å². The molecule has 44 heavy (non-hydrogen) atoms. The number of likely N-dealkylation sites (N-methyl/N-ethyl adjacent to an activating group) is 1. The van der Waals surface area contributed by atoms with Crippen LogP contribution in [0.5, 0.6) is 0 Å². The van der Waals surface area contributed by atoms with Gasteiger partial charge in [-0.25, -0.2) is 18.2 Å². The van der Waals surface area contributed by atoms with Gasteiger partial charge in [-0.15, -0.1) is 0 Å². The summed E-state index contributed by atoms with van der Waals surface area (Å²) in [6.07, 6.45) is -0.248. The maximum Gasteiger partial charge on any atom is 0.264 e. The van der Waals surface area contributed by atoms with Gasteiger partial charge in [-0.2, -0.15) is 0 Å². The highest BCUT2D eigenvalue weighted by molar-refractivity contribution is 6.07. The molecule has 9 nitrogen and oxygen atoms in total. The molecule has 4 heterocycles. The highest BCUT2D eigenvalue weighted by Crippen LogP contribution is 2.37. The number of morpholine rings is 1. The van der Waals surface area contributed by atoms with Crippen LogP contribution in [0.25, 0.3) is 11.1 Å². The number of alkyl halides is 2. The number of amides is 1. The minimum absolute atomic E-state index is 0.0500. The Morgan fingerprint density at radius 2 is 1.64 bits per heavy atom. The molecule has 0 radical (unpaired) electrons. The minimum Gasteiger partial charge on any atom is -0.372 e. The van der Waals surface area contributed by atoms with E-state index in [4.69, 9.17) is 4.74 Å². The van der Waals surface area contributed by atoms with Gasteiger partial charge in [0.05, 0.1) is 29.1 Å². The normalized spacial score (nSPS) is 22.9. The van der Waals surface area contributed by atoms with Gasteiger partial charge in [-0.05, 0) is 59.0 Å². The van der Waals surface area contributed by atoms with Gasteiger partial charge in [0.1, 0.15) is 11.6 Å². The van der Waals surface area contributed by atoms with Gasteiger partial charge >= 0.3 is 0 Å². The van der Waals surface area contributed by atoms with Gasteiger partial charge in [0.15, 0.2) is 0 Å². The Bertz CT molecular complexity index is 1560. The van der Waals surface area contributed by atoms with Crippen LogP contribution in [0.2, 0.25) is 0 Å². The third-order valence-electron chi connectivity index (χ3n) is 8.58. The number of piperazine rings is 1. The number of hydrogen-bond acceptors (Lipinski definition) is 7. The summed E-state index contributed by atoms with van der Waals surface area (Å²) >= 11 is 0. The van der Waals surface area contributed by atoms with Gasteiger partial charge in [0, 0.05) is 80.5 Å². The molecule has 0 aliphatic carbocycles. The summed E-state index contributed by atoms with van der Waals surface area (Å²) < 4.78 is 50.5. The first kappa shape index (κ1) is 31.5. The van der Waals surface area contributed by atoms with Crippen LogP contribution in [0.4, 0.5) is 30.4 Å². The van der Waals surface area contributed by atoms with E-state index in [0.29, 0.717) is 37.4 Å². The van der Waals surface area contributed by atoms with E-state index in [1.165, 1.54) is 19.2 Å². The fraction of sp³-hybridized carbons (Fsp3) is 0.469. The number of benzene rings is 1. The Kier molecular flexibility index (Phi) is 9.03. The van der Waals surface area contributed by atoms with Crippen LogP contribution in [0.3, 0.4) is 0 Å². The van der Waals surface area contributed by atoms with Crippen molar-refractivity contribution in [1.82, 2.24) is 14.5 Å². The monoisotopic (exact) mass is 612 g/mol. The second-order valence-corrected chi connectivity index (χ2v) is 12.0. The average molecular weight is 613 g/mol. The summed E-state index contributed by atoms with van der Waals surface area (Å²) in [6.45, 7) is 10.6. The number of aryl methyl sites for hydroxylation is 1. The summed E-state index contributed by atoms with van der Waals surface area (Å²) in [4.78, 5) is 36.5. The molecule has 0 spiro atoms. The SMILES string of the molecule is C[C@@H]1CN(c2ccc(-c3cc(NC(=O)c4cn(C)c(=O)cc4C(F)F)c(N4C[C@@H](C)N(C)[C@@H](C)C4)cc3F)cn2)C[C@H](C)O1. The maximum atomic E-state index is 15.9. The molecular formula is C32H39F3N6O3. The van der Waals surface area contributed by atoms with E-state index in [1.54, 1.807) is 12.3 Å². The number of rotatable bonds is 6. The van der Waals surface area contributed by atoms with E-state index in [0.717, 1.165) is 22.6 Å². The molecule has 1 aromatic carbocycles. The molecule has 0 saturated carbocycles. The lowest BCUT2D eigenvalue weighted by molar-refractivity contribution is -0.00546. The molecule has 0 bridgehead atoms. The largest absolute Gasteiger partial charge is 0.372 e. The van der Waals surface area contributed by atoms with Crippen molar-refractivity contribution in [1.29, 1.82) is 0 Å². The van der Waals surface area contributed by atoms with Crippen LogP contribution in [0.15, 0.2) is 47.5 Å². The first-order chi connectivity index (χ1) is 20.8. The fourth-order valence-corrected chi connectivity index (χ4v) is 6.05. The third-order valence-corrected chi connectivity index (χ3v) is 8.58. The van der Waals surface area contributed by atoms with E-state index in [2.05, 4.69) is 33.9 Å². The molecule has 2 aliphatic rings. The van der Waals surface area contributed by atoms with E-state index in [1.807, 2.05) is 31.9 Å². The van der Waals surface area contributed by atoms with Crippen molar-refractivity contribution < 1.29 is 22.7 Å². The van der Waals surface area contributed by atoms with E-state index < -0.39 is 29.3 Å². The Balaban J connectivity index is 1.54. The number of carbonyl (C=O) groups is 1. The Morgan fingerprint density at radius 3 is 2.23 bits per heavy atom. The van der Waals surface area contributed by atoms with Crippen LogP contribution in [-0.4, -0.2) is 77.9 Å². The number of hydrogen-bond donors (Lipinski definition) is 1. The van der Waals surface area contributed by atoms with Crippen LogP contribution in [0, 0.1) is 5.82 Å². The zero-order chi connectivity index (χ0) is 31.9. The highest BCUT2D eigenvalue weighted by Gasteiger charge is 2.30. The summed E-state index contributed by atoms with van der Waals surface area (Å²) in [6, 6.07) is 7.56. The maximum absolute atomic E-state index is 15.9. The quantitative estimate of drug-likeness (QED) is 0.423. The standard InChI is InChI=1S/C32H39F3N6O3/c1-18-13-40(14-19(2)39(18)6)28-11-26(33)23(22-7-8-29(36-12-22)41-15-20(3)44-21(4)16-41)9-27(28)37-32(43)25-17-38(5)30(42)10-24(25)31(34)35/h7-12,17-21,31H,13-16H2,1-6H3,(H,37,43)/t18-,19+,20-,21+.